The highest BCUT2D eigenvalue weighted by molar-refractivity contribution is 5.09. The van der Waals surface area contributed by atoms with Crippen molar-refractivity contribution in [1.82, 2.24) is 0 Å². The van der Waals surface area contributed by atoms with E-state index < -0.39 is 12.4 Å². The Morgan fingerprint density at radius 3 is 2.89 bits per heavy atom. The summed E-state index contributed by atoms with van der Waals surface area (Å²) < 4.78 is 11.2. The molecule has 18 heavy (non-hydrogen) atoms. The van der Waals surface area contributed by atoms with Crippen LogP contribution in [0.3, 0.4) is 0 Å². The zero-order chi connectivity index (χ0) is 12.7. The van der Waals surface area contributed by atoms with Gasteiger partial charge in [0.15, 0.2) is 6.29 Å². The molecule has 4 heteroatoms. The standard InChI is InChI=1S/C14H22O4/c1-8-2-4-10(7-11(8)15)17-14(16)9-3-5-12-13(6-9)18-12/h2,9-16H,3-7H2,1H3. The zero-order valence-electron chi connectivity index (χ0n) is 10.8. The third kappa shape index (κ3) is 2.62. The third-order valence-electron chi connectivity index (χ3n) is 4.49. The average Bonchev–Trinajstić information content (AvgIpc) is 3.12. The van der Waals surface area contributed by atoms with Crippen molar-refractivity contribution in [3.05, 3.63) is 11.6 Å². The molecule has 2 N–H and O–H groups in total. The number of aliphatic hydroxyl groups excluding tert-OH is 2. The van der Waals surface area contributed by atoms with E-state index in [1.807, 2.05) is 13.0 Å². The molecule has 6 atom stereocenters. The highest BCUT2D eigenvalue weighted by Gasteiger charge is 2.46. The maximum absolute atomic E-state index is 10.1. The predicted octanol–water partition coefficient (Wildman–Crippen LogP) is 1.36. The van der Waals surface area contributed by atoms with E-state index >= 15 is 0 Å². The molecule has 0 radical (unpaired) electrons. The van der Waals surface area contributed by atoms with Crippen molar-refractivity contribution in [2.75, 3.05) is 0 Å². The highest BCUT2D eigenvalue weighted by atomic mass is 16.6. The molecule has 4 nitrogen and oxygen atoms in total. The molecule has 102 valence electrons. The third-order valence-corrected chi connectivity index (χ3v) is 4.49. The minimum absolute atomic E-state index is 0.0588. The topological polar surface area (TPSA) is 62.2 Å². The van der Waals surface area contributed by atoms with Gasteiger partial charge in [-0.2, -0.15) is 0 Å². The smallest absolute Gasteiger partial charge is 0.157 e. The summed E-state index contributed by atoms with van der Waals surface area (Å²) in [5.74, 6) is 0.192. The summed E-state index contributed by atoms with van der Waals surface area (Å²) in [6.07, 6.45) is 5.95. The normalized spacial score (nSPS) is 45.1. The molecule has 2 aliphatic carbocycles. The van der Waals surface area contributed by atoms with Crippen LogP contribution in [-0.2, 0) is 9.47 Å². The molecular formula is C14H22O4. The molecule has 3 aliphatic rings. The lowest BCUT2D eigenvalue weighted by Gasteiger charge is -2.31. The lowest BCUT2D eigenvalue weighted by Crippen LogP contribution is -2.34. The number of fused-ring (bicyclic) bond motifs is 1. The van der Waals surface area contributed by atoms with E-state index in [1.165, 1.54) is 0 Å². The fraction of sp³-hybridized carbons (Fsp3) is 0.857. The van der Waals surface area contributed by atoms with E-state index in [0.29, 0.717) is 18.6 Å². The molecule has 1 saturated carbocycles. The second-order valence-electron chi connectivity index (χ2n) is 5.87. The molecule has 1 saturated heterocycles. The summed E-state index contributed by atoms with van der Waals surface area (Å²) in [4.78, 5) is 0. The Morgan fingerprint density at radius 2 is 2.17 bits per heavy atom. The summed E-state index contributed by atoms with van der Waals surface area (Å²) >= 11 is 0. The number of ether oxygens (including phenoxy) is 2. The molecule has 2 fully saturated rings. The maximum Gasteiger partial charge on any atom is 0.157 e. The van der Waals surface area contributed by atoms with Crippen molar-refractivity contribution >= 4 is 0 Å². The molecule has 6 unspecified atom stereocenters. The summed E-state index contributed by atoms with van der Waals surface area (Å²) in [5, 5.41) is 19.9. The Bertz CT molecular complexity index is 341. The minimum atomic E-state index is -0.709. The molecule has 0 bridgehead atoms. The molecule has 0 aromatic rings. The first-order chi connectivity index (χ1) is 8.63. The summed E-state index contributed by atoms with van der Waals surface area (Å²) in [6.45, 7) is 1.93. The van der Waals surface area contributed by atoms with E-state index in [1.54, 1.807) is 0 Å². The monoisotopic (exact) mass is 254 g/mol. The van der Waals surface area contributed by atoms with Crippen molar-refractivity contribution < 1.29 is 19.7 Å². The van der Waals surface area contributed by atoms with Gasteiger partial charge in [-0.15, -0.1) is 0 Å². The van der Waals surface area contributed by atoms with Gasteiger partial charge in [0.25, 0.3) is 0 Å². The Hall–Kier alpha value is -0.420. The van der Waals surface area contributed by atoms with Crippen LogP contribution in [0.25, 0.3) is 0 Å². The van der Waals surface area contributed by atoms with Crippen LogP contribution in [0.1, 0.15) is 39.0 Å². The van der Waals surface area contributed by atoms with Gasteiger partial charge in [-0.05, 0) is 38.2 Å². The van der Waals surface area contributed by atoms with Crippen molar-refractivity contribution in [3.8, 4) is 0 Å². The Labute approximate surface area is 108 Å². The van der Waals surface area contributed by atoms with Crippen molar-refractivity contribution in [3.63, 3.8) is 0 Å². The molecule has 0 spiro atoms. The number of hydrogen-bond acceptors (Lipinski definition) is 4. The Morgan fingerprint density at radius 1 is 1.33 bits per heavy atom. The SMILES string of the molecule is CC1=CCC(OC(O)C2CCC3OC3C2)CC1O. The first-order valence-electron chi connectivity index (χ1n) is 6.97. The molecule has 0 aromatic heterocycles. The molecule has 0 aromatic carbocycles. The fourth-order valence-corrected chi connectivity index (χ4v) is 3.10. The van der Waals surface area contributed by atoms with Gasteiger partial charge in [-0.25, -0.2) is 0 Å². The van der Waals surface area contributed by atoms with E-state index in [-0.39, 0.29) is 12.0 Å². The Kier molecular flexibility index (Phi) is 3.45. The lowest BCUT2D eigenvalue weighted by molar-refractivity contribution is -0.175. The molecule has 1 aliphatic heterocycles. The first-order valence-corrected chi connectivity index (χ1v) is 6.97. The minimum Gasteiger partial charge on any atom is -0.389 e. The molecule has 1 heterocycles. The number of hydrogen-bond donors (Lipinski definition) is 2. The van der Waals surface area contributed by atoms with E-state index in [2.05, 4.69) is 0 Å². The van der Waals surface area contributed by atoms with E-state index in [0.717, 1.165) is 31.3 Å². The van der Waals surface area contributed by atoms with Crippen LogP contribution in [0.4, 0.5) is 0 Å². The largest absolute Gasteiger partial charge is 0.389 e. The molecular weight excluding hydrogens is 232 g/mol. The average molecular weight is 254 g/mol. The highest BCUT2D eigenvalue weighted by Crippen LogP contribution is 2.41. The lowest BCUT2D eigenvalue weighted by atomic mass is 9.88. The Balaban J connectivity index is 1.50. The maximum atomic E-state index is 10.1. The van der Waals surface area contributed by atoms with Gasteiger partial charge >= 0.3 is 0 Å². The van der Waals surface area contributed by atoms with Gasteiger partial charge in [0.2, 0.25) is 0 Å². The van der Waals surface area contributed by atoms with Gasteiger partial charge in [-0.3, -0.25) is 0 Å². The molecule has 0 amide bonds. The van der Waals surface area contributed by atoms with Crippen molar-refractivity contribution in [2.24, 2.45) is 5.92 Å². The quantitative estimate of drug-likeness (QED) is 0.453. The van der Waals surface area contributed by atoms with Gasteiger partial charge < -0.3 is 19.7 Å². The first kappa shape index (κ1) is 12.6. The van der Waals surface area contributed by atoms with Gasteiger partial charge in [-0.1, -0.05) is 6.08 Å². The van der Waals surface area contributed by atoms with Crippen LogP contribution in [0.5, 0.6) is 0 Å². The van der Waals surface area contributed by atoms with E-state index in [9.17, 15) is 10.2 Å². The zero-order valence-corrected chi connectivity index (χ0v) is 10.8. The number of epoxide rings is 1. The second kappa shape index (κ2) is 4.93. The van der Waals surface area contributed by atoms with Crippen LogP contribution in [-0.4, -0.2) is 40.9 Å². The number of aliphatic hydroxyl groups is 2. The molecule has 3 rings (SSSR count). The van der Waals surface area contributed by atoms with Crippen LogP contribution in [0, 0.1) is 5.92 Å². The van der Waals surface area contributed by atoms with Gasteiger partial charge in [0.05, 0.1) is 24.4 Å². The summed E-state index contributed by atoms with van der Waals surface area (Å²) in [5.41, 5.74) is 1.01. The van der Waals surface area contributed by atoms with Crippen LogP contribution >= 0.6 is 0 Å². The van der Waals surface area contributed by atoms with E-state index in [4.69, 9.17) is 9.47 Å². The van der Waals surface area contributed by atoms with Gasteiger partial charge in [0.1, 0.15) is 0 Å². The van der Waals surface area contributed by atoms with Gasteiger partial charge in [0, 0.05) is 12.3 Å². The van der Waals surface area contributed by atoms with Crippen LogP contribution < -0.4 is 0 Å². The second-order valence-corrected chi connectivity index (χ2v) is 5.87. The number of rotatable bonds is 3. The van der Waals surface area contributed by atoms with Crippen LogP contribution in [0.2, 0.25) is 0 Å². The fourth-order valence-electron chi connectivity index (χ4n) is 3.10. The van der Waals surface area contributed by atoms with Crippen molar-refractivity contribution in [1.29, 1.82) is 0 Å². The van der Waals surface area contributed by atoms with Crippen molar-refractivity contribution in [2.45, 2.75) is 69.7 Å². The summed E-state index contributed by atoms with van der Waals surface area (Å²) in [7, 11) is 0. The summed E-state index contributed by atoms with van der Waals surface area (Å²) in [6, 6.07) is 0. The predicted molar refractivity (Wildman–Crippen MR) is 65.9 cm³/mol. The van der Waals surface area contributed by atoms with Crippen LogP contribution in [0.15, 0.2) is 11.6 Å².